The number of halogens is 2. The van der Waals surface area contributed by atoms with Crippen molar-refractivity contribution < 1.29 is 9.53 Å². The van der Waals surface area contributed by atoms with Gasteiger partial charge in [0.1, 0.15) is 12.2 Å². The standard InChI is InChI=1S/C24H27Cl2N7O3/c1-2-19-21(31-9-7-27-8-10-31)23(35)33-24(29-22(30-33)15-5-11-36-12-6-15)32(19)14-20(34)28-18-4-3-16(25)13-17(18)26/h3-5,13,27H,2,6-12,14H2,1H3,(H,28,34). The Morgan fingerprint density at radius 2 is 2.06 bits per heavy atom. The summed E-state index contributed by atoms with van der Waals surface area (Å²) >= 11 is 12.3. The van der Waals surface area contributed by atoms with Gasteiger partial charge in [-0.2, -0.15) is 9.50 Å². The minimum absolute atomic E-state index is 0.0642. The first kappa shape index (κ1) is 24.8. The second kappa shape index (κ2) is 10.6. The van der Waals surface area contributed by atoms with Gasteiger partial charge in [0.25, 0.3) is 5.56 Å². The molecule has 2 aromatic heterocycles. The molecule has 0 radical (unpaired) electrons. The Balaban J connectivity index is 1.61. The summed E-state index contributed by atoms with van der Waals surface area (Å²) in [5, 5.41) is 11.6. The molecule has 3 aromatic rings. The van der Waals surface area contributed by atoms with Gasteiger partial charge in [0.2, 0.25) is 11.7 Å². The molecule has 5 rings (SSSR count). The Morgan fingerprint density at radius 1 is 1.25 bits per heavy atom. The molecule has 1 aromatic carbocycles. The molecule has 2 aliphatic rings. The van der Waals surface area contributed by atoms with Gasteiger partial charge in [-0.15, -0.1) is 5.10 Å². The Morgan fingerprint density at radius 3 is 2.75 bits per heavy atom. The maximum absolute atomic E-state index is 13.7. The van der Waals surface area contributed by atoms with E-state index in [0.717, 1.165) is 24.4 Å². The molecule has 0 aliphatic carbocycles. The molecule has 190 valence electrons. The molecule has 1 saturated heterocycles. The zero-order valence-corrected chi connectivity index (χ0v) is 21.4. The second-order valence-corrected chi connectivity index (χ2v) is 9.49. The van der Waals surface area contributed by atoms with Crippen molar-refractivity contribution in [3.63, 3.8) is 0 Å². The van der Waals surface area contributed by atoms with Crippen molar-refractivity contribution in [1.82, 2.24) is 24.5 Å². The van der Waals surface area contributed by atoms with E-state index in [9.17, 15) is 9.59 Å². The van der Waals surface area contributed by atoms with E-state index in [2.05, 4.69) is 20.6 Å². The van der Waals surface area contributed by atoms with Crippen molar-refractivity contribution in [2.24, 2.45) is 0 Å². The maximum atomic E-state index is 13.7. The lowest BCUT2D eigenvalue weighted by atomic mass is 10.1. The number of carbonyl (C=O) groups excluding carboxylic acids is 1. The molecular formula is C24H27Cl2N7O3. The van der Waals surface area contributed by atoms with Crippen LogP contribution in [0.15, 0.2) is 29.1 Å². The van der Waals surface area contributed by atoms with Crippen molar-refractivity contribution in [3.8, 4) is 0 Å². The Kier molecular flexibility index (Phi) is 7.29. The first-order chi connectivity index (χ1) is 17.5. The lowest BCUT2D eigenvalue weighted by molar-refractivity contribution is -0.116. The number of aromatic nitrogens is 4. The van der Waals surface area contributed by atoms with Crippen LogP contribution in [-0.4, -0.2) is 64.5 Å². The number of carbonyl (C=O) groups is 1. The molecule has 0 bridgehead atoms. The van der Waals surface area contributed by atoms with Crippen LogP contribution in [0.5, 0.6) is 0 Å². The van der Waals surface area contributed by atoms with Crippen molar-refractivity contribution in [2.45, 2.75) is 26.3 Å². The van der Waals surface area contributed by atoms with Crippen LogP contribution in [0.25, 0.3) is 11.4 Å². The highest BCUT2D eigenvalue weighted by molar-refractivity contribution is 6.36. The summed E-state index contributed by atoms with van der Waals surface area (Å²) in [4.78, 5) is 33.7. The van der Waals surface area contributed by atoms with Crippen LogP contribution in [0, 0.1) is 0 Å². The number of hydrogen-bond donors (Lipinski definition) is 2. The van der Waals surface area contributed by atoms with Crippen LogP contribution >= 0.6 is 23.2 Å². The minimum atomic E-state index is -0.305. The number of hydrogen-bond acceptors (Lipinski definition) is 7. The fourth-order valence-electron chi connectivity index (χ4n) is 4.61. The SMILES string of the molecule is CCc1c(N2CCNCC2)c(=O)n2nc(C3=CCOCC3)nc2n1CC(=O)Nc1ccc(Cl)cc1Cl. The molecular weight excluding hydrogens is 505 g/mol. The fourth-order valence-corrected chi connectivity index (χ4v) is 5.06. The van der Waals surface area contributed by atoms with Crippen molar-refractivity contribution in [2.75, 3.05) is 49.6 Å². The highest BCUT2D eigenvalue weighted by Crippen LogP contribution is 2.26. The largest absolute Gasteiger partial charge is 0.377 e. The van der Waals surface area contributed by atoms with E-state index in [-0.39, 0.29) is 18.0 Å². The molecule has 1 fully saturated rings. The first-order valence-corrected chi connectivity index (χ1v) is 12.7. The zero-order valence-electron chi connectivity index (χ0n) is 19.9. The van der Waals surface area contributed by atoms with E-state index in [1.165, 1.54) is 4.52 Å². The van der Waals surface area contributed by atoms with Gasteiger partial charge in [-0.05, 0) is 36.6 Å². The van der Waals surface area contributed by atoms with Crippen molar-refractivity contribution >= 4 is 51.8 Å². The average Bonchev–Trinajstić information content (AvgIpc) is 3.34. The first-order valence-electron chi connectivity index (χ1n) is 12.0. The molecule has 4 heterocycles. The molecule has 0 unspecified atom stereocenters. The van der Waals surface area contributed by atoms with Crippen LogP contribution in [0.2, 0.25) is 10.0 Å². The van der Waals surface area contributed by atoms with E-state index in [4.69, 9.17) is 32.9 Å². The molecule has 0 spiro atoms. The normalized spacial score (nSPS) is 16.3. The molecule has 2 N–H and O–H groups in total. The second-order valence-electron chi connectivity index (χ2n) is 8.65. The molecule has 0 saturated carbocycles. The van der Waals surface area contributed by atoms with Gasteiger partial charge in [-0.3, -0.25) is 9.59 Å². The van der Waals surface area contributed by atoms with Gasteiger partial charge in [0, 0.05) is 31.2 Å². The quantitative estimate of drug-likeness (QED) is 0.503. The highest BCUT2D eigenvalue weighted by atomic mass is 35.5. The van der Waals surface area contributed by atoms with E-state index in [1.54, 1.807) is 22.8 Å². The van der Waals surface area contributed by atoms with Crippen LogP contribution in [0.4, 0.5) is 11.4 Å². The Bertz CT molecular complexity index is 1390. The number of ether oxygens (including phenoxy) is 1. The molecule has 12 heteroatoms. The van der Waals surface area contributed by atoms with Gasteiger partial charge < -0.3 is 24.8 Å². The highest BCUT2D eigenvalue weighted by Gasteiger charge is 2.26. The predicted molar refractivity (Wildman–Crippen MR) is 140 cm³/mol. The third-order valence-corrected chi connectivity index (χ3v) is 6.90. The van der Waals surface area contributed by atoms with Gasteiger partial charge >= 0.3 is 0 Å². The smallest absolute Gasteiger partial charge is 0.299 e. The third kappa shape index (κ3) is 4.86. The summed E-state index contributed by atoms with van der Waals surface area (Å²) in [5.41, 5.74) is 2.45. The van der Waals surface area contributed by atoms with E-state index in [1.807, 2.05) is 13.0 Å². The summed E-state index contributed by atoms with van der Waals surface area (Å²) in [6.07, 6.45) is 3.13. The Hall–Kier alpha value is -2.92. The number of nitrogens with zero attached hydrogens (tertiary/aromatic N) is 5. The molecule has 10 nitrogen and oxygen atoms in total. The van der Waals surface area contributed by atoms with E-state index >= 15 is 0 Å². The zero-order chi connectivity index (χ0) is 25.2. The molecule has 1 amide bonds. The summed E-state index contributed by atoms with van der Waals surface area (Å²) in [6.45, 7) is 5.87. The van der Waals surface area contributed by atoms with Crippen molar-refractivity contribution in [3.05, 3.63) is 56.2 Å². The van der Waals surface area contributed by atoms with Crippen LogP contribution in [0.3, 0.4) is 0 Å². The summed E-state index contributed by atoms with van der Waals surface area (Å²) in [7, 11) is 0. The van der Waals surface area contributed by atoms with E-state index in [0.29, 0.717) is 72.2 Å². The van der Waals surface area contributed by atoms with Gasteiger partial charge in [0.05, 0.1) is 29.6 Å². The molecule has 36 heavy (non-hydrogen) atoms. The number of rotatable bonds is 6. The molecule has 2 aliphatic heterocycles. The minimum Gasteiger partial charge on any atom is -0.377 e. The average molecular weight is 532 g/mol. The van der Waals surface area contributed by atoms with Crippen LogP contribution < -0.4 is 21.1 Å². The van der Waals surface area contributed by atoms with E-state index < -0.39 is 0 Å². The number of amides is 1. The lowest BCUT2D eigenvalue weighted by Gasteiger charge is -2.31. The van der Waals surface area contributed by atoms with Crippen LogP contribution in [0.1, 0.15) is 24.9 Å². The van der Waals surface area contributed by atoms with Gasteiger partial charge in [-0.25, -0.2) is 0 Å². The maximum Gasteiger partial charge on any atom is 0.299 e. The number of piperazine rings is 1. The van der Waals surface area contributed by atoms with Crippen LogP contribution in [-0.2, 0) is 22.5 Å². The topological polar surface area (TPSA) is 106 Å². The lowest BCUT2D eigenvalue weighted by Crippen LogP contribution is -2.47. The summed E-state index contributed by atoms with van der Waals surface area (Å²) in [6, 6.07) is 4.89. The number of fused-ring (bicyclic) bond motifs is 1. The monoisotopic (exact) mass is 531 g/mol. The summed E-state index contributed by atoms with van der Waals surface area (Å²) in [5.74, 6) is 0.501. The van der Waals surface area contributed by atoms with Gasteiger partial charge in [-0.1, -0.05) is 36.2 Å². The number of anilines is 2. The van der Waals surface area contributed by atoms with Crippen molar-refractivity contribution in [1.29, 1.82) is 0 Å². The third-order valence-electron chi connectivity index (χ3n) is 6.35. The van der Waals surface area contributed by atoms with Gasteiger partial charge in [0.15, 0.2) is 5.82 Å². The Labute approximate surface area is 217 Å². The number of nitrogens with one attached hydrogen (secondary N) is 2. The summed E-state index contributed by atoms with van der Waals surface area (Å²) < 4.78 is 8.52. The predicted octanol–water partition coefficient (Wildman–Crippen LogP) is 2.61. The fraction of sp³-hybridized carbons (Fsp3) is 0.417. The number of benzene rings is 1. The molecule has 0 atom stereocenters.